The SMILES string of the molecule is CCOc1ccc(/C=C/C(=O)NCc2ccccc2CN2CCCC2=O)cc1OCC. The second-order valence-corrected chi connectivity index (χ2v) is 7.31. The van der Waals surface area contributed by atoms with Crippen molar-refractivity contribution in [3.8, 4) is 11.5 Å². The Bertz CT molecular complexity index is 939. The van der Waals surface area contributed by atoms with Crippen molar-refractivity contribution in [3.05, 3.63) is 65.2 Å². The molecule has 0 unspecified atom stereocenters. The third-order valence-corrected chi connectivity index (χ3v) is 5.10. The molecule has 1 saturated heterocycles. The van der Waals surface area contributed by atoms with Crippen molar-refractivity contribution in [1.29, 1.82) is 0 Å². The highest BCUT2D eigenvalue weighted by Gasteiger charge is 2.20. The number of benzene rings is 2. The molecule has 1 N–H and O–H groups in total. The van der Waals surface area contributed by atoms with E-state index in [0.717, 1.165) is 29.7 Å². The van der Waals surface area contributed by atoms with Crippen LogP contribution in [0.2, 0.25) is 0 Å². The van der Waals surface area contributed by atoms with Crippen LogP contribution in [-0.2, 0) is 22.7 Å². The molecule has 0 aromatic heterocycles. The average Bonchev–Trinajstić information content (AvgIpc) is 3.18. The lowest BCUT2D eigenvalue weighted by Crippen LogP contribution is -2.26. The molecule has 2 aromatic carbocycles. The molecule has 164 valence electrons. The number of carbonyl (C=O) groups excluding carboxylic acids is 2. The smallest absolute Gasteiger partial charge is 0.244 e. The van der Waals surface area contributed by atoms with Crippen LogP contribution in [0.4, 0.5) is 0 Å². The minimum absolute atomic E-state index is 0.182. The van der Waals surface area contributed by atoms with E-state index in [2.05, 4.69) is 5.32 Å². The van der Waals surface area contributed by atoms with Crippen molar-refractivity contribution in [2.45, 2.75) is 39.8 Å². The number of rotatable bonds is 10. The molecule has 1 aliphatic heterocycles. The predicted octanol–water partition coefficient (Wildman–Crippen LogP) is 3.94. The predicted molar refractivity (Wildman–Crippen MR) is 121 cm³/mol. The topological polar surface area (TPSA) is 67.9 Å². The fourth-order valence-electron chi connectivity index (χ4n) is 3.55. The summed E-state index contributed by atoms with van der Waals surface area (Å²) in [4.78, 5) is 26.2. The Morgan fingerprint density at radius 3 is 2.52 bits per heavy atom. The molecule has 3 rings (SSSR count). The number of amides is 2. The number of ether oxygens (including phenoxy) is 2. The van der Waals surface area contributed by atoms with Crippen LogP contribution in [-0.4, -0.2) is 36.5 Å². The van der Waals surface area contributed by atoms with Crippen LogP contribution in [0.1, 0.15) is 43.4 Å². The first-order chi connectivity index (χ1) is 15.1. The Hall–Kier alpha value is -3.28. The zero-order chi connectivity index (χ0) is 22.1. The molecule has 2 amide bonds. The summed E-state index contributed by atoms with van der Waals surface area (Å²) in [5, 5.41) is 2.93. The van der Waals surface area contributed by atoms with E-state index >= 15 is 0 Å². The van der Waals surface area contributed by atoms with Crippen molar-refractivity contribution in [1.82, 2.24) is 10.2 Å². The van der Waals surface area contributed by atoms with Gasteiger partial charge in [-0.15, -0.1) is 0 Å². The van der Waals surface area contributed by atoms with E-state index in [0.29, 0.717) is 44.2 Å². The van der Waals surface area contributed by atoms with Gasteiger partial charge in [0.2, 0.25) is 11.8 Å². The van der Waals surface area contributed by atoms with Crippen molar-refractivity contribution in [3.63, 3.8) is 0 Å². The van der Waals surface area contributed by atoms with Gasteiger partial charge in [-0.2, -0.15) is 0 Å². The molecule has 0 atom stereocenters. The van der Waals surface area contributed by atoms with E-state index in [4.69, 9.17) is 9.47 Å². The van der Waals surface area contributed by atoms with E-state index < -0.39 is 0 Å². The van der Waals surface area contributed by atoms with Crippen molar-refractivity contribution < 1.29 is 19.1 Å². The van der Waals surface area contributed by atoms with E-state index in [1.807, 2.05) is 61.2 Å². The lowest BCUT2D eigenvalue weighted by atomic mass is 10.1. The van der Waals surface area contributed by atoms with Crippen molar-refractivity contribution in [2.24, 2.45) is 0 Å². The lowest BCUT2D eigenvalue weighted by molar-refractivity contribution is -0.128. The summed E-state index contributed by atoms with van der Waals surface area (Å²) in [6, 6.07) is 13.5. The van der Waals surface area contributed by atoms with Gasteiger partial charge < -0.3 is 19.7 Å². The van der Waals surface area contributed by atoms with Crippen LogP contribution in [0, 0.1) is 0 Å². The Morgan fingerprint density at radius 2 is 1.81 bits per heavy atom. The van der Waals surface area contributed by atoms with Crippen LogP contribution in [0.15, 0.2) is 48.5 Å². The minimum Gasteiger partial charge on any atom is -0.490 e. The van der Waals surface area contributed by atoms with E-state index in [1.165, 1.54) is 6.08 Å². The standard InChI is InChI=1S/C25H30N2O4/c1-3-30-22-13-11-19(16-23(22)31-4-2)12-14-24(28)26-17-20-8-5-6-9-21(20)18-27-15-7-10-25(27)29/h5-6,8-9,11-14,16H,3-4,7,10,15,17-18H2,1-2H3,(H,26,28)/b14-12+. The van der Waals surface area contributed by atoms with Gasteiger partial charge in [-0.05, 0) is 55.2 Å². The normalized spacial score (nSPS) is 13.6. The van der Waals surface area contributed by atoms with Gasteiger partial charge in [-0.25, -0.2) is 0 Å². The molecule has 6 heteroatoms. The number of nitrogens with zero attached hydrogens (tertiary/aromatic N) is 1. The molecular formula is C25H30N2O4. The Labute approximate surface area is 183 Å². The van der Waals surface area contributed by atoms with Crippen LogP contribution in [0.5, 0.6) is 11.5 Å². The summed E-state index contributed by atoms with van der Waals surface area (Å²) in [6.07, 6.45) is 4.81. The lowest BCUT2D eigenvalue weighted by Gasteiger charge is -2.18. The second kappa shape index (κ2) is 11.2. The molecular weight excluding hydrogens is 392 g/mol. The molecule has 31 heavy (non-hydrogen) atoms. The number of nitrogens with one attached hydrogen (secondary N) is 1. The zero-order valence-corrected chi connectivity index (χ0v) is 18.2. The average molecular weight is 423 g/mol. The summed E-state index contributed by atoms with van der Waals surface area (Å²) in [5.74, 6) is 1.37. The highest BCUT2D eigenvalue weighted by molar-refractivity contribution is 5.91. The minimum atomic E-state index is -0.182. The maximum Gasteiger partial charge on any atom is 0.244 e. The molecule has 0 bridgehead atoms. The maximum atomic E-state index is 12.4. The largest absolute Gasteiger partial charge is 0.490 e. The summed E-state index contributed by atoms with van der Waals surface area (Å²) in [7, 11) is 0. The van der Waals surface area contributed by atoms with E-state index in [9.17, 15) is 9.59 Å². The first kappa shape index (κ1) is 22.4. The van der Waals surface area contributed by atoms with Gasteiger partial charge in [-0.3, -0.25) is 9.59 Å². The van der Waals surface area contributed by atoms with Crippen LogP contribution >= 0.6 is 0 Å². The Morgan fingerprint density at radius 1 is 1.06 bits per heavy atom. The summed E-state index contributed by atoms with van der Waals surface area (Å²) in [6.45, 7) is 6.75. The molecule has 0 spiro atoms. The number of hydrogen-bond donors (Lipinski definition) is 1. The van der Waals surface area contributed by atoms with Gasteiger partial charge in [-0.1, -0.05) is 30.3 Å². The molecule has 2 aromatic rings. The van der Waals surface area contributed by atoms with Crippen LogP contribution in [0.25, 0.3) is 6.08 Å². The van der Waals surface area contributed by atoms with Gasteiger partial charge in [0.1, 0.15) is 0 Å². The molecule has 0 radical (unpaired) electrons. The summed E-state index contributed by atoms with van der Waals surface area (Å²) >= 11 is 0. The number of likely N-dealkylation sites (tertiary alicyclic amines) is 1. The molecule has 0 aliphatic carbocycles. The summed E-state index contributed by atoms with van der Waals surface area (Å²) in [5.41, 5.74) is 2.94. The van der Waals surface area contributed by atoms with Gasteiger partial charge in [0.25, 0.3) is 0 Å². The van der Waals surface area contributed by atoms with Crippen molar-refractivity contribution in [2.75, 3.05) is 19.8 Å². The van der Waals surface area contributed by atoms with Crippen LogP contribution in [0.3, 0.4) is 0 Å². The third kappa shape index (κ3) is 6.35. The molecule has 6 nitrogen and oxygen atoms in total. The summed E-state index contributed by atoms with van der Waals surface area (Å²) < 4.78 is 11.2. The third-order valence-electron chi connectivity index (χ3n) is 5.10. The first-order valence-electron chi connectivity index (χ1n) is 10.8. The fourth-order valence-corrected chi connectivity index (χ4v) is 3.55. The molecule has 1 aliphatic rings. The molecule has 0 saturated carbocycles. The van der Waals surface area contributed by atoms with Crippen molar-refractivity contribution >= 4 is 17.9 Å². The highest BCUT2D eigenvalue weighted by atomic mass is 16.5. The Balaban J connectivity index is 1.60. The molecule has 1 heterocycles. The monoisotopic (exact) mass is 422 g/mol. The van der Waals surface area contributed by atoms with Crippen LogP contribution < -0.4 is 14.8 Å². The Kier molecular flexibility index (Phi) is 8.10. The van der Waals surface area contributed by atoms with E-state index in [1.54, 1.807) is 6.08 Å². The van der Waals surface area contributed by atoms with Gasteiger partial charge in [0.05, 0.1) is 13.2 Å². The first-order valence-corrected chi connectivity index (χ1v) is 10.8. The molecule has 1 fully saturated rings. The second-order valence-electron chi connectivity index (χ2n) is 7.31. The number of carbonyl (C=O) groups is 2. The van der Waals surface area contributed by atoms with E-state index in [-0.39, 0.29) is 11.8 Å². The maximum absolute atomic E-state index is 12.4. The zero-order valence-electron chi connectivity index (χ0n) is 18.2. The van der Waals surface area contributed by atoms with Gasteiger partial charge >= 0.3 is 0 Å². The number of hydrogen-bond acceptors (Lipinski definition) is 4. The highest BCUT2D eigenvalue weighted by Crippen LogP contribution is 2.29. The van der Waals surface area contributed by atoms with Gasteiger partial charge in [0, 0.05) is 32.1 Å². The quantitative estimate of drug-likeness (QED) is 0.589. The van der Waals surface area contributed by atoms with Gasteiger partial charge in [0.15, 0.2) is 11.5 Å². The fraction of sp³-hybridized carbons (Fsp3) is 0.360.